The predicted octanol–water partition coefficient (Wildman–Crippen LogP) is 14.7. The lowest BCUT2D eigenvalue weighted by Gasteiger charge is -2.10. The molecule has 0 atom stereocenters. The fraction of sp³-hybridized carbons (Fsp3) is 0. The number of rotatable bonds is 5. The lowest BCUT2D eigenvalue weighted by molar-refractivity contribution is 0.666. The van der Waals surface area contributed by atoms with Gasteiger partial charge in [0.25, 0.3) is 0 Å². The molecule has 0 spiro atoms. The predicted molar refractivity (Wildman–Crippen MR) is 252 cm³/mol. The van der Waals surface area contributed by atoms with E-state index in [1.807, 2.05) is 18.2 Å². The second-order valence-corrected chi connectivity index (χ2v) is 15.8. The van der Waals surface area contributed by atoms with E-state index in [4.69, 9.17) is 14.4 Å². The summed E-state index contributed by atoms with van der Waals surface area (Å²) >= 11 is 0. The van der Waals surface area contributed by atoms with Crippen molar-refractivity contribution in [2.45, 2.75) is 0 Å². The van der Waals surface area contributed by atoms with Crippen LogP contribution in [0.3, 0.4) is 0 Å². The lowest BCUT2D eigenvalue weighted by atomic mass is 10.00. The van der Waals surface area contributed by atoms with Gasteiger partial charge in [0, 0.05) is 38.2 Å². The van der Waals surface area contributed by atoms with E-state index in [1.54, 1.807) is 0 Å². The molecule has 4 aromatic heterocycles. The topological polar surface area (TPSA) is 48.8 Å². The van der Waals surface area contributed by atoms with Crippen molar-refractivity contribution in [1.82, 2.24) is 19.1 Å². The molecule has 5 nitrogen and oxygen atoms in total. The van der Waals surface area contributed by atoms with Crippen LogP contribution in [0.15, 0.2) is 211 Å². The van der Waals surface area contributed by atoms with E-state index in [1.165, 1.54) is 38.1 Å². The van der Waals surface area contributed by atoms with Crippen molar-refractivity contribution in [2.75, 3.05) is 0 Å². The Kier molecular flexibility index (Phi) is 7.24. The number of hydrogen-bond acceptors (Lipinski definition) is 3. The summed E-state index contributed by atoms with van der Waals surface area (Å²) in [5.41, 5.74) is 14.1. The summed E-state index contributed by atoms with van der Waals surface area (Å²) in [6.07, 6.45) is 0. The van der Waals surface area contributed by atoms with E-state index in [0.717, 1.165) is 71.9 Å². The van der Waals surface area contributed by atoms with Gasteiger partial charge in [0.1, 0.15) is 16.8 Å². The van der Waals surface area contributed by atoms with Crippen molar-refractivity contribution in [3.63, 3.8) is 0 Å². The van der Waals surface area contributed by atoms with Crippen molar-refractivity contribution < 1.29 is 4.42 Å². The van der Waals surface area contributed by atoms with Gasteiger partial charge in [-0.25, -0.2) is 9.97 Å². The zero-order valence-corrected chi connectivity index (χ0v) is 32.8. The number of para-hydroxylation sites is 3. The average molecular weight is 779 g/mol. The van der Waals surface area contributed by atoms with Crippen LogP contribution in [-0.2, 0) is 0 Å². The first-order valence-electron chi connectivity index (χ1n) is 20.6. The molecule has 0 radical (unpaired) electrons. The van der Waals surface area contributed by atoms with E-state index >= 15 is 0 Å². The highest BCUT2D eigenvalue weighted by Crippen LogP contribution is 2.41. The Morgan fingerprint density at radius 2 is 0.869 bits per heavy atom. The molecule has 0 saturated carbocycles. The monoisotopic (exact) mass is 778 g/mol. The van der Waals surface area contributed by atoms with E-state index in [2.05, 4.69) is 197 Å². The molecule has 0 bridgehead atoms. The highest BCUT2D eigenvalue weighted by atomic mass is 16.3. The Morgan fingerprint density at radius 3 is 1.59 bits per heavy atom. The molecule has 0 saturated heterocycles. The maximum absolute atomic E-state index is 6.66. The SMILES string of the molecule is c1ccc(-c2nc(-n3c4ccccc4c4cc(-c5ccc6c(c5)c5ccccc5n6-c5ccccc5)ccc43)nc3c2oc2ccc(-c4ccc5ccccc5c4)cc23)cc1. The molecule has 9 aromatic carbocycles. The number of benzene rings is 9. The Hall–Kier alpha value is -8.28. The van der Waals surface area contributed by atoms with Crippen molar-refractivity contribution in [3.8, 4) is 45.1 Å². The minimum atomic E-state index is 0.597. The van der Waals surface area contributed by atoms with Crippen molar-refractivity contribution in [1.29, 1.82) is 0 Å². The molecule has 4 heterocycles. The fourth-order valence-corrected chi connectivity index (χ4v) is 9.45. The van der Waals surface area contributed by atoms with Crippen molar-refractivity contribution in [3.05, 3.63) is 206 Å². The van der Waals surface area contributed by atoms with E-state index in [9.17, 15) is 0 Å². The second-order valence-electron chi connectivity index (χ2n) is 15.8. The smallest absolute Gasteiger partial charge is 0.236 e. The molecule has 13 aromatic rings. The molecule has 5 heteroatoms. The maximum atomic E-state index is 6.66. The van der Waals surface area contributed by atoms with Gasteiger partial charge in [-0.1, -0.05) is 140 Å². The molecule has 0 aliphatic heterocycles. The summed E-state index contributed by atoms with van der Waals surface area (Å²) in [6.45, 7) is 0. The van der Waals surface area contributed by atoms with Crippen LogP contribution >= 0.6 is 0 Å². The summed E-state index contributed by atoms with van der Waals surface area (Å²) < 4.78 is 11.2. The third-order valence-electron chi connectivity index (χ3n) is 12.3. The number of fused-ring (bicyclic) bond motifs is 10. The van der Waals surface area contributed by atoms with Crippen LogP contribution < -0.4 is 0 Å². The fourth-order valence-electron chi connectivity index (χ4n) is 9.45. The minimum Gasteiger partial charge on any atom is -0.452 e. The Bertz CT molecular complexity index is 3880. The first-order valence-corrected chi connectivity index (χ1v) is 20.6. The highest BCUT2D eigenvalue weighted by Gasteiger charge is 2.22. The third-order valence-corrected chi connectivity index (χ3v) is 12.3. The van der Waals surface area contributed by atoms with Crippen LogP contribution in [0.2, 0.25) is 0 Å². The molecular weight excluding hydrogens is 745 g/mol. The zero-order chi connectivity index (χ0) is 40.0. The van der Waals surface area contributed by atoms with Gasteiger partial charge >= 0.3 is 0 Å². The average Bonchev–Trinajstić information content (AvgIpc) is 3.98. The number of aromatic nitrogens is 4. The van der Waals surface area contributed by atoms with Crippen molar-refractivity contribution >= 4 is 76.5 Å². The van der Waals surface area contributed by atoms with Crippen LogP contribution in [-0.4, -0.2) is 19.1 Å². The summed E-state index contributed by atoms with van der Waals surface area (Å²) in [7, 11) is 0. The van der Waals surface area contributed by atoms with Gasteiger partial charge in [0.05, 0.1) is 22.1 Å². The molecular formula is C56H34N4O. The lowest BCUT2D eigenvalue weighted by Crippen LogP contribution is -2.02. The summed E-state index contributed by atoms with van der Waals surface area (Å²) in [5.74, 6) is 0.597. The van der Waals surface area contributed by atoms with Crippen LogP contribution in [0.5, 0.6) is 0 Å². The van der Waals surface area contributed by atoms with Crippen LogP contribution in [0, 0.1) is 0 Å². The Morgan fingerprint density at radius 1 is 0.344 bits per heavy atom. The summed E-state index contributed by atoms with van der Waals surface area (Å²) in [6, 6.07) is 73.3. The third kappa shape index (κ3) is 5.21. The molecule has 0 unspecified atom stereocenters. The van der Waals surface area contributed by atoms with Gasteiger partial charge < -0.3 is 8.98 Å². The van der Waals surface area contributed by atoms with Gasteiger partial charge in [-0.05, 0) is 99.8 Å². The molecule has 0 amide bonds. The molecule has 0 aliphatic carbocycles. The van der Waals surface area contributed by atoms with Crippen molar-refractivity contribution in [2.24, 2.45) is 0 Å². The molecule has 13 rings (SSSR count). The first kappa shape index (κ1) is 33.7. The maximum Gasteiger partial charge on any atom is 0.236 e. The largest absolute Gasteiger partial charge is 0.452 e. The number of nitrogens with zero attached hydrogens (tertiary/aromatic N) is 4. The normalized spacial score (nSPS) is 11.9. The molecule has 0 N–H and O–H groups in total. The zero-order valence-electron chi connectivity index (χ0n) is 32.8. The summed E-state index contributed by atoms with van der Waals surface area (Å²) in [4.78, 5) is 10.8. The Labute approximate surface area is 350 Å². The summed E-state index contributed by atoms with van der Waals surface area (Å²) in [5, 5.41) is 8.12. The second kappa shape index (κ2) is 13.1. The minimum absolute atomic E-state index is 0.597. The number of hydrogen-bond donors (Lipinski definition) is 0. The quantitative estimate of drug-likeness (QED) is 0.175. The Balaban J connectivity index is 1.01. The number of furan rings is 1. The first-order chi connectivity index (χ1) is 30.2. The van der Waals surface area contributed by atoms with Crippen LogP contribution in [0.4, 0.5) is 0 Å². The van der Waals surface area contributed by atoms with Gasteiger partial charge in [-0.2, -0.15) is 0 Å². The van der Waals surface area contributed by atoms with Gasteiger partial charge in [-0.3, -0.25) is 4.57 Å². The standard InChI is InChI=1S/C56H34N4O/c1-3-14-36(15-4-1)53-55-54(47-34-41(27-30-52(47)61-55)38-24-23-35-13-7-8-16-37(35)31-38)58-56(57-53)60-49-22-12-10-20-44(49)46-33-40(26-29-51(46)60)39-25-28-50-45(32-39)43-19-9-11-21-48(43)59(50)42-17-5-2-6-18-42/h1-34H. The molecule has 284 valence electrons. The van der Waals surface area contributed by atoms with Crippen LogP contribution in [0.25, 0.3) is 122 Å². The van der Waals surface area contributed by atoms with E-state index < -0.39 is 0 Å². The van der Waals surface area contributed by atoms with Crippen LogP contribution in [0.1, 0.15) is 0 Å². The van der Waals surface area contributed by atoms with E-state index in [0.29, 0.717) is 11.5 Å². The van der Waals surface area contributed by atoms with Gasteiger partial charge in [-0.15, -0.1) is 0 Å². The van der Waals surface area contributed by atoms with Gasteiger partial charge in [0.15, 0.2) is 5.58 Å². The van der Waals surface area contributed by atoms with Gasteiger partial charge in [0.2, 0.25) is 5.95 Å². The highest BCUT2D eigenvalue weighted by molar-refractivity contribution is 6.13. The molecule has 0 aliphatic rings. The molecule has 0 fully saturated rings. The van der Waals surface area contributed by atoms with E-state index in [-0.39, 0.29) is 0 Å². The molecule has 61 heavy (non-hydrogen) atoms.